The van der Waals surface area contributed by atoms with Gasteiger partial charge in [0.15, 0.2) is 15.5 Å². The van der Waals surface area contributed by atoms with Crippen molar-refractivity contribution in [3.8, 4) is 16.9 Å². The molecule has 9 heteroatoms. The van der Waals surface area contributed by atoms with Gasteiger partial charge in [0, 0.05) is 11.8 Å². The van der Waals surface area contributed by atoms with Crippen molar-refractivity contribution < 1.29 is 26.0 Å². The molecule has 0 aliphatic carbocycles. The third-order valence-electron chi connectivity index (χ3n) is 3.63. The van der Waals surface area contributed by atoms with Crippen LogP contribution in [0.2, 0.25) is 0 Å². The summed E-state index contributed by atoms with van der Waals surface area (Å²) in [5.74, 6) is -0.549. The van der Waals surface area contributed by atoms with E-state index in [0.717, 1.165) is 29.1 Å². The van der Waals surface area contributed by atoms with E-state index in [2.05, 4.69) is 5.10 Å². The molecular formula is C17H12F4N2O2S. The molecule has 0 bridgehead atoms. The normalized spacial score (nSPS) is 12.3. The minimum Gasteiger partial charge on any atom is -0.231 e. The molecule has 2 aromatic carbocycles. The molecule has 0 aliphatic rings. The number of sulfone groups is 1. The number of nitrogens with zero attached hydrogens (tertiary/aromatic N) is 2. The first-order valence-corrected chi connectivity index (χ1v) is 9.19. The van der Waals surface area contributed by atoms with Gasteiger partial charge in [-0.15, -0.1) is 0 Å². The number of halogens is 4. The number of aromatic nitrogens is 2. The number of alkyl halides is 3. The lowest BCUT2D eigenvalue weighted by atomic mass is 10.1. The summed E-state index contributed by atoms with van der Waals surface area (Å²) in [4.78, 5) is -0.166. The van der Waals surface area contributed by atoms with Crippen LogP contribution in [0.3, 0.4) is 0 Å². The van der Waals surface area contributed by atoms with Gasteiger partial charge in [-0.25, -0.2) is 17.5 Å². The van der Waals surface area contributed by atoms with Gasteiger partial charge in [-0.05, 0) is 42.5 Å². The standard InChI is InChI=1S/C17H12F4N2O2S/c1-26(24,25)15-5-3-2-4-13(15)23-14(10-16(22-23)17(19,20)21)11-6-8-12(18)9-7-11/h2-10H,1H3. The maximum absolute atomic E-state index is 13.2. The van der Waals surface area contributed by atoms with Crippen LogP contribution in [0.4, 0.5) is 17.6 Å². The van der Waals surface area contributed by atoms with Crippen molar-refractivity contribution in [1.29, 1.82) is 0 Å². The van der Waals surface area contributed by atoms with Crippen LogP contribution in [0.15, 0.2) is 59.5 Å². The van der Waals surface area contributed by atoms with Crippen LogP contribution in [0.5, 0.6) is 0 Å². The molecule has 0 saturated heterocycles. The van der Waals surface area contributed by atoms with E-state index < -0.39 is 27.5 Å². The average molecular weight is 384 g/mol. The Morgan fingerprint density at radius 2 is 1.62 bits per heavy atom. The summed E-state index contributed by atoms with van der Waals surface area (Å²) in [7, 11) is -3.72. The Morgan fingerprint density at radius 3 is 2.19 bits per heavy atom. The van der Waals surface area contributed by atoms with Gasteiger partial charge in [-0.2, -0.15) is 18.3 Å². The molecule has 0 aliphatic heterocycles. The molecule has 1 heterocycles. The smallest absolute Gasteiger partial charge is 0.231 e. The average Bonchev–Trinajstić information content (AvgIpc) is 3.00. The van der Waals surface area contributed by atoms with Gasteiger partial charge in [-0.3, -0.25) is 0 Å². The van der Waals surface area contributed by atoms with Crippen LogP contribution >= 0.6 is 0 Å². The summed E-state index contributed by atoms with van der Waals surface area (Å²) >= 11 is 0. The maximum atomic E-state index is 13.2. The van der Waals surface area contributed by atoms with Gasteiger partial charge in [-0.1, -0.05) is 12.1 Å². The lowest BCUT2D eigenvalue weighted by Gasteiger charge is -2.11. The largest absolute Gasteiger partial charge is 0.435 e. The van der Waals surface area contributed by atoms with Gasteiger partial charge in [0.2, 0.25) is 0 Å². The van der Waals surface area contributed by atoms with Crippen LogP contribution in [0.1, 0.15) is 5.69 Å². The fourth-order valence-electron chi connectivity index (χ4n) is 2.48. The zero-order chi connectivity index (χ0) is 19.1. The number of benzene rings is 2. The zero-order valence-corrected chi connectivity index (χ0v) is 14.1. The van der Waals surface area contributed by atoms with Gasteiger partial charge < -0.3 is 0 Å². The zero-order valence-electron chi connectivity index (χ0n) is 13.3. The Morgan fingerprint density at radius 1 is 1.00 bits per heavy atom. The number of hydrogen-bond acceptors (Lipinski definition) is 3. The van der Waals surface area contributed by atoms with Crippen LogP contribution in [-0.2, 0) is 16.0 Å². The van der Waals surface area contributed by atoms with Crippen LogP contribution < -0.4 is 0 Å². The number of rotatable bonds is 3. The summed E-state index contributed by atoms with van der Waals surface area (Å²) in [5, 5.41) is 3.56. The second-order valence-corrected chi connectivity index (χ2v) is 7.56. The second kappa shape index (κ2) is 6.24. The van der Waals surface area contributed by atoms with Crippen molar-refractivity contribution in [3.63, 3.8) is 0 Å². The van der Waals surface area contributed by atoms with Crippen molar-refractivity contribution in [2.75, 3.05) is 6.26 Å². The maximum Gasteiger partial charge on any atom is 0.435 e. The molecule has 0 saturated carbocycles. The first-order chi connectivity index (χ1) is 12.1. The summed E-state index contributed by atoms with van der Waals surface area (Å²) in [5.41, 5.74) is -0.948. The monoisotopic (exact) mass is 384 g/mol. The van der Waals surface area contributed by atoms with Gasteiger partial charge in [0.1, 0.15) is 5.82 Å². The Hall–Kier alpha value is -2.68. The fourth-order valence-corrected chi connectivity index (χ4v) is 3.34. The minimum absolute atomic E-state index is 0.00609. The van der Waals surface area contributed by atoms with Gasteiger partial charge >= 0.3 is 6.18 Å². The van der Waals surface area contributed by atoms with Crippen molar-refractivity contribution in [2.24, 2.45) is 0 Å². The molecule has 1 aromatic heterocycles. The first-order valence-electron chi connectivity index (χ1n) is 7.30. The molecule has 26 heavy (non-hydrogen) atoms. The van der Waals surface area contributed by atoms with E-state index in [-0.39, 0.29) is 21.8 Å². The number of para-hydroxylation sites is 1. The highest BCUT2D eigenvalue weighted by Crippen LogP contribution is 2.34. The Labute approximate surface area is 146 Å². The first kappa shape index (κ1) is 18.1. The lowest BCUT2D eigenvalue weighted by Crippen LogP contribution is -2.10. The van der Waals surface area contributed by atoms with Crippen LogP contribution in [-0.4, -0.2) is 24.5 Å². The Balaban J connectivity index is 2.31. The summed E-state index contributed by atoms with van der Waals surface area (Å²) in [6.45, 7) is 0. The molecule has 0 fully saturated rings. The predicted octanol–water partition coefficient (Wildman–Crippen LogP) is 4.10. The SMILES string of the molecule is CS(=O)(=O)c1ccccc1-n1nc(C(F)(F)F)cc1-c1ccc(F)cc1. The Kier molecular flexibility index (Phi) is 4.35. The van der Waals surface area contributed by atoms with E-state index in [0.29, 0.717) is 0 Å². The third kappa shape index (κ3) is 3.48. The summed E-state index contributed by atoms with van der Waals surface area (Å²) in [6, 6.07) is 11.2. The van der Waals surface area contributed by atoms with E-state index in [1.807, 2.05) is 0 Å². The highest BCUT2D eigenvalue weighted by molar-refractivity contribution is 7.90. The van der Waals surface area contributed by atoms with E-state index in [1.165, 1.54) is 36.4 Å². The predicted molar refractivity (Wildman–Crippen MR) is 87.1 cm³/mol. The number of hydrogen-bond donors (Lipinski definition) is 0. The van der Waals surface area contributed by atoms with E-state index in [9.17, 15) is 26.0 Å². The molecule has 0 N–H and O–H groups in total. The Bertz CT molecular complexity index is 1060. The highest BCUT2D eigenvalue weighted by Gasteiger charge is 2.35. The van der Waals surface area contributed by atoms with Gasteiger partial charge in [0.25, 0.3) is 0 Å². The summed E-state index contributed by atoms with van der Waals surface area (Å²) in [6.07, 6.45) is -3.77. The molecule has 3 aromatic rings. The minimum atomic E-state index is -4.72. The van der Waals surface area contributed by atoms with Crippen molar-refractivity contribution in [2.45, 2.75) is 11.1 Å². The van der Waals surface area contributed by atoms with E-state index >= 15 is 0 Å². The molecule has 0 atom stereocenters. The fraction of sp³-hybridized carbons (Fsp3) is 0.118. The molecular weight excluding hydrogens is 372 g/mol. The van der Waals surface area contributed by atoms with E-state index in [4.69, 9.17) is 0 Å². The topological polar surface area (TPSA) is 52.0 Å². The lowest BCUT2D eigenvalue weighted by molar-refractivity contribution is -0.141. The van der Waals surface area contributed by atoms with Crippen molar-refractivity contribution >= 4 is 9.84 Å². The quantitative estimate of drug-likeness (QED) is 0.639. The highest BCUT2D eigenvalue weighted by atomic mass is 32.2. The molecule has 136 valence electrons. The molecule has 0 radical (unpaired) electrons. The van der Waals surface area contributed by atoms with Crippen molar-refractivity contribution in [3.05, 3.63) is 66.1 Å². The molecule has 3 rings (SSSR count). The van der Waals surface area contributed by atoms with Gasteiger partial charge in [0.05, 0.1) is 16.3 Å². The molecule has 4 nitrogen and oxygen atoms in total. The molecule has 0 unspecified atom stereocenters. The van der Waals surface area contributed by atoms with Crippen LogP contribution in [0.25, 0.3) is 16.9 Å². The molecule has 0 spiro atoms. The molecule has 0 amide bonds. The summed E-state index contributed by atoms with van der Waals surface area (Å²) < 4.78 is 77.6. The third-order valence-corrected chi connectivity index (χ3v) is 4.78. The van der Waals surface area contributed by atoms with E-state index in [1.54, 1.807) is 0 Å². The van der Waals surface area contributed by atoms with Crippen LogP contribution in [0, 0.1) is 5.82 Å². The second-order valence-electron chi connectivity index (χ2n) is 5.57. The van der Waals surface area contributed by atoms with Crippen molar-refractivity contribution in [1.82, 2.24) is 9.78 Å².